The molecule has 25 heavy (non-hydrogen) atoms. The first-order valence-corrected chi connectivity index (χ1v) is 7.57. The Morgan fingerprint density at radius 3 is 2.64 bits per heavy atom. The molecule has 1 aromatic carbocycles. The van der Waals surface area contributed by atoms with Crippen LogP contribution in [0.5, 0.6) is 5.75 Å². The first-order valence-electron chi connectivity index (χ1n) is 7.57. The number of pyridine rings is 1. The van der Waals surface area contributed by atoms with Crippen molar-refractivity contribution in [2.75, 3.05) is 13.2 Å². The fourth-order valence-corrected chi connectivity index (χ4v) is 2.19. The molecule has 7 heteroatoms. The average Bonchev–Trinajstić information content (AvgIpc) is 3.14. The zero-order valence-electron chi connectivity index (χ0n) is 13.1. The summed E-state index contributed by atoms with van der Waals surface area (Å²) in [5.41, 5.74) is -0.0193. The molecule has 0 unspecified atom stereocenters. The number of benzene rings is 1. The number of nitrogens with one attached hydrogen (secondary N) is 2. The van der Waals surface area contributed by atoms with E-state index in [0.29, 0.717) is 17.2 Å². The van der Waals surface area contributed by atoms with Crippen molar-refractivity contribution in [1.29, 1.82) is 0 Å². The van der Waals surface area contributed by atoms with Crippen LogP contribution in [0.3, 0.4) is 0 Å². The number of ether oxygens (including phenoxy) is 1. The molecule has 2 heterocycles. The molecular formula is C18H15FN2O4. The van der Waals surface area contributed by atoms with Gasteiger partial charge >= 0.3 is 0 Å². The minimum Gasteiger partial charge on any atom is -0.492 e. The Balaban J connectivity index is 1.54. The van der Waals surface area contributed by atoms with Crippen molar-refractivity contribution in [3.05, 3.63) is 76.5 Å². The standard InChI is InChI=1S/C18H15FN2O4/c19-12-3-5-13(6-4-12)24-11-9-20-17(22)14-7-8-15(21-18(14)23)16-2-1-10-25-16/h1-8,10H,9,11H2,(H,20,22)(H,21,23). The van der Waals surface area contributed by atoms with Gasteiger partial charge in [-0.15, -0.1) is 0 Å². The Bertz CT molecular complexity index is 902. The van der Waals surface area contributed by atoms with Gasteiger partial charge in [-0.05, 0) is 48.5 Å². The fraction of sp³-hybridized carbons (Fsp3) is 0.111. The first kappa shape index (κ1) is 16.5. The molecule has 2 aromatic heterocycles. The molecule has 0 aliphatic rings. The van der Waals surface area contributed by atoms with Crippen LogP contribution in [0.15, 0.2) is 64.0 Å². The number of amides is 1. The van der Waals surface area contributed by atoms with Gasteiger partial charge in [-0.3, -0.25) is 9.59 Å². The first-order chi connectivity index (χ1) is 12.1. The number of hydrogen-bond acceptors (Lipinski definition) is 4. The minimum atomic E-state index is -0.508. The van der Waals surface area contributed by atoms with Crippen molar-refractivity contribution in [1.82, 2.24) is 10.3 Å². The third-order valence-corrected chi connectivity index (χ3v) is 3.41. The largest absolute Gasteiger partial charge is 0.492 e. The summed E-state index contributed by atoms with van der Waals surface area (Å²) in [6.45, 7) is 0.398. The van der Waals surface area contributed by atoms with Crippen molar-refractivity contribution in [3.63, 3.8) is 0 Å². The van der Waals surface area contributed by atoms with Crippen LogP contribution in [0, 0.1) is 5.82 Å². The third-order valence-electron chi connectivity index (χ3n) is 3.41. The highest BCUT2D eigenvalue weighted by atomic mass is 19.1. The smallest absolute Gasteiger partial charge is 0.261 e. The summed E-state index contributed by atoms with van der Waals surface area (Å²) in [5, 5.41) is 2.59. The number of furan rings is 1. The van der Waals surface area contributed by atoms with Crippen LogP contribution < -0.4 is 15.6 Å². The molecule has 0 radical (unpaired) electrons. The second-order valence-electron chi connectivity index (χ2n) is 5.15. The maximum Gasteiger partial charge on any atom is 0.261 e. The molecule has 0 aliphatic heterocycles. The number of carbonyl (C=O) groups excluding carboxylic acids is 1. The monoisotopic (exact) mass is 342 g/mol. The van der Waals surface area contributed by atoms with E-state index in [9.17, 15) is 14.0 Å². The van der Waals surface area contributed by atoms with Gasteiger partial charge in [0.25, 0.3) is 11.5 Å². The van der Waals surface area contributed by atoms with Crippen LogP contribution in [0.4, 0.5) is 4.39 Å². The number of H-pyrrole nitrogens is 1. The van der Waals surface area contributed by atoms with Crippen LogP contribution >= 0.6 is 0 Å². The van der Waals surface area contributed by atoms with E-state index in [1.165, 1.54) is 36.6 Å². The molecule has 0 atom stereocenters. The number of halogens is 1. The van der Waals surface area contributed by atoms with Gasteiger partial charge in [0.05, 0.1) is 18.5 Å². The number of rotatable bonds is 6. The zero-order valence-corrected chi connectivity index (χ0v) is 13.1. The van der Waals surface area contributed by atoms with Gasteiger partial charge in [0, 0.05) is 0 Å². The maximum absolute atomic E-state index is 12.8. The predicted molar refractivity (Wildman–Crippen MR) is 89.0 cm³/mol. The molecule has 0 fully saturated rings. The number of hydrogen-bond donors (Lipinski definition) is 2. The fourth-order valence-electron chi connectivity index (χ4n) is 2.19. The predicted octanol–water partition coefficient (Wildman–Crippen LogP) is 2.58. The van der Waals surface area contributed by atoms with Crippen molar-refractivity contribution in [2.24, 2.45) is 0 Å². The molecule has 128 valence electrons. The summed E-state index contributed by atoms with van der Waals surface area (Å²) in [7, 11) is 0. The number of aromatic amines is 1. The molecule has 6 nitrogen and oxygen atoms in total. The molecule has 3 rings (SSSR count). The van der Waals surface area contributed by atoms with E-state index in [1.54, 1.807) is 18.2 Å². The zero-order chi connectivity index (χ0) is 17.6. The lowest BCUT2D eigenvalue weighted by Gasteiger charge is -2.08. The summed E-state index contributed by atoms with van der Waals surface area (Å²) in [4.78, 5) is 26.7. The highest BCUT2D eigenvalue weighted by molar-refractivity contribution is 5.94. The Kier molecular flexibility index (Phi) is 4.94. The summed E-state index contributed by atoms with van der Waals surface area (Å²) in [5.74, 6) is 0.154. The van der Waals surface area contributed by atoms with E-state index in [2.05, 4.69) is 10.3 Å². The third kappa shape index (κ3) is 4.14. The lowest BCUT2D eigenvalue weighted by atomic mass is 10.2. The van der Waals surface area contributed by atoms with Crippen LogP contribution in [0.25, 0.3) is 11.5 Å². The van der Waals surface area contributed by atoms with Gasteiger partial charge in [-0.1, -0.05) is 0 Å². The van der Waals surface area contributed by atoms with Crippen LogP contribution in [0.2, 0.25) is 0 Å². The highest BCUT2D eigenvalue weighted by Gasteiger charge is 2.11. The quantitative estimate of drug-likeness (QED) is 0.675. The SMILES string of the molecule is O=C(NCCOc1ccc(F)cc1)c1ccc(-c2ccco2)[nH]c1=O. The van der Waals surface area contributed by atoms with Gasteiger partial charge in [0.15, 0.2) is 0 Å². The Morgan fingerprint density at radius 1 is 1.16 bits per heavy atom. The Hall–Kier alpha value is -3.35. The summed E-state index contributed by atoms with van der Waals surface area (Å²) < 4.78 is 23.3. The molecular weight excluding hydrogens is 327 g/mol. The van der Waals surface area contributed by atoms with E-state index >= 15 is 0 Å². The van der Waals surface area contributed by atoms with Gasteiger partial charge < -0.3 is 19.5 Å². The van der Waals surface area contributed by atoms with E-state index < -0.39 is 11.5 Å². The van der Waals surface area contributed by atoms with Crippen molar-refractivity contribution < 1.29 is 18.3 Å². The molecule has 0 aliphatic carbocycles. The van der Waals surface area contributed by atoms with Crippen molar-refractivity contribution in [2.45, 2.75) is 0 Å². The molecule has 2 N–H and O–H groups in total. The molecule has 0 spiro atoms. The van der Waals surface area contributed by atoms with Gasteiger partial charge in [-0.25, -0.2) is 4.39 Å². The van der Waals surface area contributed by atoms with E-state index in [0.717, 1.165) is 0 Å². The Morgan fingerprint density at radius 2 is 1.96 bits per heavy atom. The van der Waals surface area contributed by atoms with Gasteiger partial charge in [0.1, 0.15) is 29.5 Å². The van der Waals surface area contributed by atoms with Gasteiger partial charge in [-0.2, -0.15) is 0 Å². The van der Waals surface area contributed by atoms with E-state index in [-0.39, 0.29) is 24.5 Å². The lowest BCUT2D eigenvalue weighted by Crippen LogP contribution is -2.32. The van der Waals surface area contributed by atoms with Crippen molar-refractivity contribution >= 4 is 5.91 Å². The van der Waals surface area contributed by atoms with E-state index in [4.69, 9.17) is 9.15 Å². The molecule has 0 saturated heterocycles. The van der Waals surface area contributed by atoms with Crippen LogP contribution in [0.1, 0.15) is 10.4 Å². The highest BCUT2D eigenvalue weighted by Crippen LogP contribution is 2.15. The molecule has 0 saturated carbocycles. The maximum atomic E-state index is 12.8. The normalized spacial score (nSPS) is 10.4. The molecule has 3 aromatic rings. The Labute approximate surface area is 142 Å². The topological polar surface area (TPSA) is 84.3 Å². The molecule has 0 bridgehead atoms. The second-order valence-corrected chi connectivity index (χ2v) is 5.15. The average molecular weight is 342 g/mol. The van der Waals surface area contributed by atoms with E-state index in [1.807, 2.05) is 0 Å². The van der Waals surface area contributed by atoms with Crippen LogP contribution in [-0.4, -0.2) is 24.0 Å². The summed E-state index contributed by atoms with van der Waals surface area (Å²) >= 11 is 0. The number of aromatic nitrogens is 1. The van der Waals surface area contributed by atoms with Crippen LogP contribution in [-0.2, 0) is 0 Å². The van der Waals surface area contributed by atoms with Gasteiger partial charge in [0.2, 0.25) is 0 Å². The van der Waals surface area contributed by atoms with Crippen molar-refractivity contribution in [3.8, 4) is 17.2 Å². The summed E-state index contributed by atoms with van der Waals surface area (Å²) in [6.07, 6.45) is 1.50. The second kappa shape index (κ2) is 7.48. The number of carbonyl (C=O) groups is 1. The molecule has 1 amide bonds. The lowest BCUT2D eigenvalue weighted by molar-refractivity contribution is 0.0945. The summed E-state index contributed by atoms with van der Waals surface area (Å²) in [6, 6.07) is 12.0. The minimum absolute atomic E-state index is 0.00270.